The molecule has 1 atom stereocenters. The summed E-state index contributed by atoms with van der Waals surface area (Å²) in [5.74, 6) is 0.00100. The Hall–Kier alpha value is -0.710. The zero-order chi connectivity index (χ0) is 14.7. The standard InChI is InChI=1S/C14H26N2O2S/c1-6-13(4)12(18)16(9-11(17)15-13)10-14(7-2,8-3)19-5/h6-10H2,1-5H3,(H,15,17). The van der Waals surface area contributed by atoms with Gasteiger partial charge in [-0.05, 0) is 32.4 Å². The largest absolute Gasteiger partial charge is 0.340 e. The van der Waals surface area contributed by atoms with Gasteiger partial charge in [0, 0.05) is 11.3 Å². The first-order chi connectivity index (χ1) is 8.86. The highest BCUT2D eigenvalue weighted by Crippen LogP contribution is 2.32. The van der Waals surface area contributed by atoms with Crippen molar-refractivity contribution >= 4 is 23.6 Å². The molecule has 1 N–H and O–H groups in total. The second-order valence-electron chi connectivity index (χ2n) is 5.49. The van der Waals surface area contributed by atoms with E-state index in [4.69, 9.17) is 0 Å². The first kappa shape index (κ1) is 16.3. The highest BCUT2D eigenvalue weighted by Gasteiger charge is 2.43. The number of hydrogen-bond acceptors (Lipinski definition) is 3. The number of hydrogen-bond donors (Lipinski definition) is 1. The van der Waals surface area contributed by atoms with E-state index in [0.29, 0.717) is 13.0 Å². The molecule has 0 aromatic rings. The third kappa shape index (κ3) is 3.25. The van der Waals surface area contributed by atoms with Crippen LogP contribution in [0.5, 0.6) is 0 Å². The van der Waals surface area contributed by atoms with Crippen molar-refractivity contribution in [3.63, 3.8) is 0 Å². The van der Waals surface area contributed by atoms with Crippen LogP contribution in [0.4, 0.5) is 0 Å². The number of rotatable bonds is 6. The van der Waals surface area contributed by atoms with Gasteiger partial charge in [-0.1, -0.05) is 20.8 Å². The van der Waals surface area contributed by atoms with E-state index >= 15 is 0 Å². The predicted octanol–water partition coefficient (Wildman–Crippen LogP) is 2.04. The van der Waals surface area contributed by atoms with Crippen molar-refractivity contribution in [1.29, 1.82) is 0 Å². The molecule has 0 aromatic heterocycles. The molecule has 1 fully saturated rings. The highest BCUT2D eigenvalue weighted by molar-refractivity contribution is 8.00. The van der Waals surface area contributed by atoms with Crippen LogP contribution in [-0.2, 0) is 9.59 Å². The minimum Gasteiger partial charge on any atom is -0.340 e. The molecule has 110 valence electrons. The number of nitrogens with zero attached hydrogens (tertiary/aromatic N) is 1. The summed E-state index contributed by atoms with van der Waals surface area (Å²) in [5, 5.41) is 2.83. The fraction of sp³-hybridized carbons (Fsp3) is 0.857. The Labute approximate surface area is 120 Å². The van der Waals surface area contributed by atoms with E-state index in [0.717, 1.165) is 12.8 Å². The Bertz CT molecular complexity index is 347. The summed E-state index contributed by atoms with van der Waals surface area (Å²) in [4.78, 5) is 26.1. The molecular formula is C14H26N2O2S. The molecule has 4 nitrogen and oxygen atoms in total. The van der Waals surface area contributed by atoms with Crippen LogP contribution in [0.25, 0.3) is 0 Å². The van der Waals surface area contributed by atoms with E-state index in [-0.39, 0.29) is 23.1 Å². The maximum absolute atomic E-state index is 12.6. The van der Waals surface area contributed by atoms with Gasteiger partial charge in [-0.25, -0.2) is 0 Å². The lowest BCUT2D eigenvalue weighted by Gasteiger charge is -2.43. The van der Waals surface area contributed by atoms with Crippen molar-refractivity contribution in [2.24, 2.45) is 0 Å². The molecule has 1 rings (SSSR count). The predicted molar refractivity (Wildman–Crippen MR) is 80.2 cm³/mol. The minimum atomic E-state index is -0.735. The summed E-state index contributed by atoms with van der Waals surface area (Å²) in [6.45, 7) is 8.89. The van der Waals surface area contributed by atoms with Gasteiger partial charge in [0.1, 0.15) is 5.54 Å². The lowest BCUT2D eigenvalue weighted by Crippen LogP contribution is -2.66. The topological polar surface area (TPSA) is 49.4 Å². The molecule has 1 aliphatic heterocycles. The van der Waals surface area contributed by atoms with Crippen molar-refractivity contribution in [2.45, 2.75) is 57.2 Å². The Morgan fingerprint density at radius 2 is 1.89 bits per heavy atom. The zero-order valence-electron chi connectivity index (χ0n) is 12.7. The third-order valence-electron chi connectivity index (χ3n) is 4.42. The zero-order valence-corrected chi connectivity index (χ0v) is 13.5. The molecular weight excluding hydrogens is 260 g/mol. The number of thioether (sulfide) groups is 1. The molecule has 0 aliphatic carbocycles. The molecule has 0 radical (unpaired) electrons. The monoisotopic (exact) mass is 286 g/mol. The van der Waals surface area contributed by atoms with E-state index in [1.54, 1.807) is 16.7 Å². The van der Waals surface area contributed by atoms with Crippen LogP contribution < -0.4 is 5.32 Å². The van der Waals surface area contributed by atoms with Gasteiger partial charge in [0.25, 0.3) is 0 Å². The Balaban J connectivity index is 2.93. The lowest BCUT2D eigenvalue weighted by molar-refractivity contribution is -0.149. The van der Waals surface area contributed by atoms with Crippen LogP contribution in [-0.4, -0.2) is 46.3 Å². The third-order valence-corrected chi connectivity index (χ3v) is 5.99. The van der Waals surface area contributed by atoms with E-state index in [1.807, 2.05) is 13.8 Å². The van der Waals surface area contributed by atoms with Crippen LogP contribution >= 0.6 is 11.8 Å². The molecule has 1 saturated heterocycles. The summed E-state index contributed by atoms with van der Waals surface area (Å²) in [6.07, 6.45) is 4.71. The van der Waals surface area contributed by atoms with E-state index in [9.17, 15) is 9.59 Å². The molecule has 0 aromatic carbocycles. The number of carbonyl (C=O) groups is 2. The molecule has 0 spiro atoms. The van der Waals surface area contributed by atoms with Gasteiger partial charge in [-0.3, -0.25) is 9.59 Å². The lowest BCUT2D eigenvalue weighted by atomic mass is 9.92. The van der Waals surface area contributed by atoms with Crippen LogP contribution in [0.2, 0.25) is 0 Å². The first-order valence-electron chi connectivity index (χ1n) is 7.02. The Kier molecular flexibility index (Phi) is 5.30. The van der Waals surface area contributed by atoms with Crippen molar-refractivity contribution in [3.05, 3.63) is 0 Å². The highest BCUT2D eigenvalue weighted by atomic mass is 32.2. The second kappa shape index (κ2) is 6.16. The van der Waals surface area contributed by atoms with Crippen LogP contribution in [0.1, 0.15) is 47.0 Å². The molecule has 5 heteroatoms. The molecule has 0 saturated carbocycles. The van der Waals surface area contributed by atoms with E-state index in [2.05, 4.69) is 25.4 Å². The molecule has 0 bridgehead atoms. The summed E-state index contributed by atoms with van der Waals surface area (Å²) in [7, 11) is 0. The number of carbonyl (C=O) groups excluding carboxylic acids is 2. The van der Waals surface area contributed by atoms with Crippen LogP contribution in [0.3, 0.4) is 0 Å². The van der Waals surface area contributed by atoms with Gasteiger partial charge >= 0.3 is 0 Å². The summed E-state index contributed by atoms with van der Waals surface area (Å²) < 4.78 is 0.0575. The van der Waals surface area contributed by atoms with E-state index in [1.165, 1.54) is 0 Å². The average molecular weight is 286 g/mol. The quantitative estimate of drug-likeness (QED) is 0.813. The molecule has 19 heavy (non-hydrogen) atoms. The van der Waals surface area contributed by atoms with Crippen molar-refractivity contribution in [3.8, 4) is 0 Å². The summed E-state index contributed by atoms with van der Waals surface area (Å²) in [5.41, 5.74) is -0.735. The number of amides is 2. The Morgan fingerprint density at radius 1 is 1.32 bits per heavy atom. The fourth-order valence-electron chi connectivity index (χ4n) is 2.54. The van der Waals surface area contributed by atoms with E-state index < -0.39 is 5.54 Å². The van der Waals surface area contributed by atoms with Gasteiger partial charge in [0.2, 0.25) is 11.8 Å². The maximum atomic E-state index is 12.6. The van der Waals surface area contributed by atoms with Gasteiger partial charge in [-0.15, -0.1) is 0 Å². The van der Waals surface area contributed by atoms with Crippen molar-refractivity contribution in [1.82, 2.24) is 10.2 Å². The smallest absolute Gasteiger partial charge is 0.248 e. The van der Waals surface area contributed by atoms with Crippen LogP contribution in [0.15, 0.2) is 0 Å². The molecule has 1 aliphatic rings. The summed E-state index contributed by atoms with van der Waals surface area (Å²) >= 11 is 1.80. The Morgan fingerprint density at radius 3 is 2.32 bits per heavy atom. The van der Waals surface area contributed by atoms with Gasteiger partial charge in [0.05, 0.1) is 6.54 Å². The molecule has 1 heterocycles. The minimum absolute atomic E-state index is 0.0499. The average Bonchev–Trinajstić information content (AvgIpc) is 2.41. The van der Waals surface area contributed by atoms with Gasteiger partial charge < -0.3 is 10.2 Å². The van der Waals surface area contributed by atoms with Crippen molar-refractivity contribution < 1.29 is 9.59 Å². The number of nitrogens with one attached hydrogen (secondary N) is 1. The molecule has 2 amide bonds. The fourth-order valence-corrected chi connectivity index (χ4v) is 3.40. The number of piperazine rings is 1. The normalized spacial score (nSPS) is 24.6. The SMILES string of the molecule is CCC(CC)(CN1CC(=O)NC(C)(CC)C1=O)SC. The van der Waals surface area contributed by atoms with Crippen LogP contribution in [0, 0.1) is 0 Å². The first-order valence-corrected chi connectivity index (χ1v) is 8.24. The summed E-state index contributed by atoms with van der Waals surface area (Å²) in [6, 6.07) is 0. The van der Waals surface area contributed by atoms with Crippen molar-refractivity contribution in [2.75, 3.05) is 19.3 Å². The van der Waals surface area contributed by atoms with Gasteiger partial charge in [-0.2, -0.15) is 11.8 Å². The molecule has 1 unspecified atom stereocenters. The second-order valence-corrected chi connectivity index (χ2v) is 6.76. The maximum Gasteiger partial charge on any atom is 0.248 e. The van der Waals surface area contributed by atoms with Gasteiger partial charge in [0.15, 0.2) is 0 Å².